The summed E-state index contributed by atoms with van der Waals surface area (Å²) in [7, 11) is 1.66. The third kappa shape index (κ3) is 1.16. The molecule has 0 aromatic carbocycles. The van der Waals surface area contributed by atoms with Crippen LogP contribution in [0.2, 0.25) is 0 Å². The van der Waals surface area contributed by atoms with Crippen LogP contribution < -0.4 is 4.74 Å². The van der Waals surface area contributed by atoms with E-state index in [1.54, 1.807) is 7.11 Å². The van der Waals surface area contributed by atoms with Crippen molar-refractivity contribution in [2.24, 2.45) is 0 Å². The molecular formula is C8H7IN2O. The number of aromatic nitrogens is 2. The third-order valence-electron chi connectivity index (χ3n) is 1.67. The van der Waals surface area contributed by atoms with Gasteiger partial charge < -0.3 is 4.74 Å². The summed E-state index contributed by atoms with van der Waals surface area (Å²) >= 11 is 2.23. The van der Waals surface area contributed by atoms with Gasteiger partial charge in [-0.05, 0) is 34.7 Å². The van der Waals surface area contributed by atoms with Gasteiger partial charge in [0.25, 0.3) is 0 Å². The quantitative estimate of drug-likeness (QED) is 0.743. The molecule has 0 saturated carbocycles. The van der Waals surface area contributed by atoms with Crippen LogP contribution in [0.3, 0.4) is 0 Å². The molecule has 0 spiro atoms. The maximum absolute atomic E-state index is 5.09. The second kappa shape index (κ2) is 2.93. The molecule has 0 aliphatic carbocycles. The van der Waals surface area contributed by atoms with E-state index in [0.717, 1.165) is 15.1 Å². The first kappa shape index (κ1) is 7.85. The zero-order chi connectivity index (χ0) is 8.55. The second-order valence-electron chi connectivity index (χ2n) is 2.38. The van der Waals surface area contributed by atoms with Gasteiger partial charge in [-0.1, -0.05) is 0 Å². The van der Waals surface area contributed by atoms with Crippen LogP contribution in [0, 0.1) is 3.70 Å². The number of hydrogen-bond acceptors (Lipinski definition) is 2. The minimum absolute atomic E-state index is 0.846. The first-order valence-corrected chi connectivity index (χ1v) is 4.56. The molecule has 2 aromatic heterocycles. The number of ether oxygens (including phenoxy) is 1. The number of fused-ring (bicyclic) bond motifs is 1. The lowest BCUT2D eigenvalue weighted by Gasteiger charge is -2.00. The number of nitrogens with zero attached hydrogens (tertiary/aromatic N) is 2. The van der Waals surface area contributed by atoms with Crippen molar-refractivity contribution in [3.05, 3.63) is 28.2 Å². The summed E-state index contributed by atoms with van der Waals surface area (Å²) in [5.41, 5.74) is 0.945. The highest BCUT2D eigenvalue weighted by atomic mass is 127. The van der Waals surface area contributed by atoms with E-state index in [-0.39, 0.29) is 0 Å². The smallest absolute Gasteiger partial charge is 0.137 e. The predicted molar refractivity (Wildman–Crippen MR) is 54.5 cm³/mol. The zero-order valence-electron chi connectivity index (χ0n) is 6.49. The van der Waals surface area contributed by atoms with Gasteiger partial charge >= 0.3 is 0 Å². The molecule has 0 atom stereocenters. The van der Waals surface area contributed by atoms with Crippen LogP contribution in [0.1, 0.15) is 0 Å². The maximum atomic E-state index is 5.09. The highest BCUT2D eigenvalue weighted by molar-refractivity contribution is 14.1. The van der Waals surface area contributed by atoms with Gasteiger partial charge in [0.2, 0.25) is 0 Å². The van der Waals surface area contributed by atoms with E-state index in [2.05, 4.69) is 27.6 Å². The van der Waals surface area contributed by atoms with Crippen molar-refractivity contribution >= 4 is 28.2 Å². The van der Waals surface area contributed by atoms with Gasteiger partial charge in [-0.15, -0.1) is 0 Å². The summed E-state index contributed by atoms with van der Waals surface area (Å²) in [5.74, 6) is 0.846. The van der Waals surface area contributed by atoms with Crippen molar-refractivity contribution in [1.82, 2.24) is 9.38 Å². The molecule has 2 heterocycles. The topological polar surface area (TPSA) is 26.5 Å². The van der Waals surface area contributed by atoms with Crippen LogP contribution in [-0.4, -0.2) is 16.5 Å². The number of pyridine rings is 1. The van der Waals surface area contributed by atoms with E-state index in [0.29, 0.717) is 0 Å². The molecule has 0 radical (unpaired) electrons. The molecular weight excluding hydrogens is 267 g/mol. The maximum Gasteiger partial charge on any atom is 0.137 e. The number of imidazole rings is 1. The van der Waals surface area contributed by atoms with Crippen molar-refractivity contribution in [1.29, 1.82) is 0 Å². The van der Waals surface area contributed by atoms with Crippen molar-refractivity contribution in [3.8, 4) is 5.75 Å². The molecule has 0 amide bonds. The molecule has 0 unspecified atom stereocenters. The van der Waals surface area contributed by atoms with E-state index in [9.17, 15) is 0 Å². The normalized spacial score (nSPS) is 10.5. The standard InChI is InChI=1S/C8H7IN2O/c1-12-6-2-3-8-10-4-7(9)11(8)5-6/h2-5H,1H3. The van der Waals surface area contributed by atoms with Gasteiger partial charge in [0.05, 0.1) is 19.5 Å². The van der Waals surface area contributed by atoms with E-state index in [4.69, 9.17) is 4.74 Å². The summed E-state index contributed by atoms with van der Waals surface area (Å²) in [6, 6.07) is 3.83. The number of rotatable bonds is 1. The molecule has 2 rings (SSSR count). The van der Waals surface area contributed by atoms with Crippen LogP contribution in [0.5, 0.6) is 5.75 Å². The van der Waals surface area contributed by atoms with E-state index < -0.39 is 0 Å². The molecule has 0 aliphatic heterocycles. The summed E-state index contributed by atoms with van der Waals surface area (Å²) in [6.45, 7) is 0. The van der Waals surface area contributed by atoms with E-state index in [1.165, 1.54) is 0 Å². The molecule has 62 valence electrons. The Balaban J connectivity index is 2.71. The predicted octanol–water partition coefficient (Wildman–Crippen LogP) is 1.95. The van der Waals surface area contributed by atoms with Gasteiger partial charge in [0.1, 0.15) is 15.1 Å². The zero-order valence-corrected chi connectivity index (χ0v) is 8.65. The van der Waals surface area contributed by atoms with Gasteiger partial charge in [-0.2, -0.15) is 0 Å². The Kier molecular flexibility index (Phi) is 1.92. The lowest BCUT2D eigenvalue weighted by atomic mass is 10.4. The van der Waals surface area contributed by atoms with Gasteiger partial charge in [0, 0.05) is 0 Å². The molecule has 0 saturated heterocycles. The second-order valence-corrected chi connectivity index (χ2v) is 3.48. The molecule has 3 nitrogen and oxygen atoms in total. The van der Waals surface area contributed by atoms with E-state index in [1.807, 2.05) is 28.9 Å². The summed E-state index contributed by atoms with van der Waals surface area (Å²) < 4.78 is 8.16. The first-order chi connectivity index (χ1) is 5.81. The minimum Gasteiger partial charge on any atom is -0.495 e. The minimum atomic E-state index is 0.846. The number of hydrogen-bond donors (Lipinski definition) is 0. The first-order valence-electron chi connectivity index (χ1n) is 3.48. The number of halogens is 1. The van der Waals surface area contributed by atoms with Crippen LogP contribution in [0.15, 0.2) is 24.5 Å². The van der Waals surface area contributed by atoms with Crippen LogP contribution in [0.25, 0.3) is 5.65 Å². The monoisotopic (exact) mass is 274 g/mol. The Morgan fingerprint density at radius 3 is 3.08 bits per heavy atom. The highest BCUT2D eigenvalue weighted by Crippen LogP contribution is 2.14. The third-order valence-corrected chi connectivity index (χ3v) is 2.47. The molecule has 2 aromatic rings. The van der Waals surface area contributed by atoms with Gasteiger partial charge in [-0.3, -0.25) is 4.40 Å². The molecule has 0 bridgehead atoms. The highest BCUT2D eigenvalue weighted by Gasteiger charge is 1.99. The fourth-order valence-electron chi connectivity index (χ4n) is 1.05. The summed E-state index contributed by atoms with van der Waals surface area (Å²) in [5, 5.41) is 0. The Hall–Kier alpha value is -0.780. The Morgan fingerprint density at radius 2 is 2.33 bits per heavy atom. The van der Waals surface area contributed by atoms with Crippen molar-refractivity contribution in [3.63, 3.8) is 0 Å². The van der Waals surface area contributed by atoms with Crippen LogP contribution in [-0.2, 0) is 0 Å². The fourth-order valence-corrected chi connectivity index (χ4v) is 1.58. The van der Waals surface area contributed by atoms with Gasteiger partial charge in [-0.25, -0.2) is 4.98 Å². The Labute approximate surface area is 83.5 Å². The number of methoxy groups -OCH3 is 1. The Morgan fingerprint density at radius 1 is 1.50 bits per heavy atom. The molecule has 12 heavy (non-hydrogen) atoms. The average molecular weight is 274 g/mol. The van der Waals surface area contributed by atoms with Crippen LogP contribution >= 0.6 is 22.6 Å². The van der Waals surface area contributed by atoms with Gasteiger partial charge in [0.15, 0.2) is 0 Å². The summed E-state index contributed by atoms with van der Waals surface area (Å²) in [6.07, 6.45) is 3.75. The molecule has 0 fully saturated rings. The lowest BCUT2D eigenvalue weighted by molar-refractivity contribution is 0.412. The van der Waals surface area contributed by atoms with Crippen molar-refractivity contribution in [2.45, 2.75) is 0 Å². The average Bonchev–Trinajstić information content (AvgIpc) is 2.47. The summed E-state index contributed by atoms with van der Waals surface area (Å²) in [4.78, 5) is 4.19. The van der Waals surface area contributed by atoms with E-state index >= 15 is 0 Å². The van der Waals surface area contributed by atoms with Crippen molar-refractivity contribution < 1.29 is 4.74 Å². The Bertz CT molecular complexity index is 410. The lowest BCUT2D eigenvalue weighted by Crippen LogP contribution is -1.89. The molecule has 0 N–H and O–H groups in total. The fraction of sp³-hybridized carbons (Fsp3) is 0.125. The van der Waals surface area contributed by atoms with Crippen LogP contribution in [0.4, 0.5) is 0 Å². The largest absolute Gasteiger partial charge is 0.495 e. The molecule has 4 heteroatoms. The molecule has 0 aliphatic rings. The van der Waals surface area contributed by atoms with Crippen molar-refractivity contribution in [2.75, 3.05) is 7.11 Å². The SMILES string of the molecule is COc1ccc2ncc(I)n2c1.